The molecule has 138 valence electrons. The standard InChI is InChI=1S/C20H22BrFN2O2/c1-13-11-24(12-14(2)26-13)19-8-3-15(9-18(19)22)10-23-20(25)16-4-6-17(21)7-5-16/h3-9,13-14H,10-12H2,1-2H3,(H,23,25). The molecule has 2 unspecified atom stereocenters. The monoisotopic (exact) mass is 420 g/mol. The number of nitrogens with one attached hydrogen (secondary N) is 1. The lowest BCUT2D eigenvalue weighted by Gasteiger charge is -2.37. The van der Waals surface area contributed by atoms with Gasteiger partial charge in [0.15, 0.2) is 0 Å². The number of halogens is 2. The molecule has 0 spiro atoms. The number of anilines is 1. The third-order valence-corrected chi connectivity index (χ3v) is 4.86. The Morgan fingerprint density at radius 1 is 1.19 bits per heavy atom. The summed E-state index contributed by atoms with van der Waals surface area (Å²) in [5, 5.41) is 2.82. The molecule has 0 aromatic heterocycles. The fourth-order valence-corrected chi connectivity index (χ4v) is 3.44. The summed E-state index contributed by atoms with van der Waals surface area (Å²) in [5.74, 6) is -0.459. The Bertz CT molecular complexity index is 772. The van der Waals surface area contributed by atoms with Crippen LogP contribution in [0, 0.1) is 5.82 Å². The van der Waals surface area contributed by atoms with Gasteiger partial charge in [-0.2, -0.15) is 0 Å². The maximum Gasteiger partial charge on any atom is 0.251 e. The molecular weight excluding hydrogens is 399 g/mol. The van der Waals surface area contributed by atoms with Crippen LogP contribution in [0.4, 0.5) is 10.1 Å². The van der Waals surface area contributed by atoms with Gasteiger partial charge in [-0.3, -0.25) is 4.79 Å². The van der Waals surface area contributed by atoms with E-state index in [0.29, 0.717) is 24.3 Å². The Balaban J connectivity index is 1.64. The fourth-order valence-electron chi connectivity index (χ4n) is 3.18. The van der Waals surface area contributed by atoms with Crippen LogP contribution < -0.4 is 10.2 Å². The van der Waals surface area contributed by atoms with Crippen molar-refractivity contribution in [3.63, 3.8) is 0 Å². The first-order valence-corrected chi connectivity index (χ1v) is 9.44. The van der Waals surface area contributed by atoms with Crippen LogP contribution in [0.3, 0.4) is 0 Å². The summed E-state index contributed by atoms with van der Waals surface area (Å²) in [6, 6.07) is 12.2. The molecule has 0 aliphatic carbocycles. The summed E-state index contributed by atoms with van der Waals surface area (Å²) in [6.45, 7) is 5.60. The zero-order valence-electron chi connectivity index (χ0n) is 14.8. The second-order valence-corrected chi connectivity index (χ2v) is 7.55. The molecule has 1 aliphatic heterocycles. The molecule has 2 aromatic carbocycles. The summed E-state index contributed by atoms with van der Waals surface area (Å²) >= 11 is 3.34. The van der Waals surface area contributed by atoms with Gasteiger partial charge in [0.1, 0.15) is 5.82 Å². The molecule has 0 bridgehead atoms. The van der Waals surface area contributed by atoms with Crippen LogP contribution in [0.15, 0.2) is 46.9 Å². The van der Waals surface area contributed by atoms with Gasteiger partial charge >= 0.3 is 0 Å². The summed E-state index contributed by atoms with van der Waals surface area (Å²) in [7, 11) is 0. The van der Waals surface area contributed by atoms with Crippen molar-refractivity contribution in [2.75, 3.05) is 18.0 Å². The number of carbonyl (C=O) groups is 1. The van der Waals surface area contributed by atoms with Crippen LogP contribution in [0.25, 0.3) is 0 Å². The van der Waals surface area contributed by atoms with Crippen molar-refractivity contribution in [3.05, 3.63) is 63.9 Å². The van der Waals surface area contributed by atoms with Crippen molar-refractivity contribution in [2.24, 2.45) is 0 Å². The fraction of sp³-hybridized carbons (Fsp3) is 0.350. The minimum absolute atomic E-state index is 0.0722. The highest BCUT2D eigenvalue weighted by Crippen LogP contribution is 2.24. The van der Waals surface area contributed by atoms with E-state index in [0.717, 1.165) is 10.0 Å². The lowest BCUT2D eigenvalue weighted by molar-refractivity contribution is -0.00539. The molecule has 1 saturated heterocycles. The Hall–Kier alpha value is -1.92. The van der Waals surface area contributed by atoms with Gasteiger partial charge in [-0.15, -0.1) is 0 Å². The summed E-state index contributed by atoms with van der Waals surface area (Å²) in [4.78, 5) is 14.2. The molecule has 4 nitrogen and oxygen atoms in total. The number of ether oxygens (including phenoxy) is 1. The second-order valence-electron chi connectivity index (χ2n) is 6.64. The zero-order valence-corrected chi connectivity index (χ0v) is 16.4. The third kappa shape index (κ3) is 4.62. The molecule has 0 saturated carbocycles. The molecule has 1 amide bonds. The number of amides is 1. The number of carbonyl (C=O) groups excluding carboxylic acids is 1. The van der Waals surface area contributed by atoms with Crippen molar-refractivity contribution < 1.29 is 13.9 Å². The van der Waals surface area contributed by atoms with E-state index in [1.165, 1.54) is 6.07 Å². The van der Waals surface area contributed by atoms with Crippen molar-refractivity contribution >= 4 is 27.5 Å². The van der Waals surface area contributed by atoms with Crippen LogP contribution >= 0.6 is 15.9 Å². The van der Waals surface area contributed by atoms with E-state index < -0.39 is 0 Å². The molecule has 1 aliphatic rings. The van der Waals surface area contributed by atoms with Crippen molar-refractivity contribution in [3.8, 4) is 0 Å². The topological polar surface area (TPSA) is 41.6 Å². The van der Waals surface area contributed by atoms with Crippen molar-refractivity contribution in [1.82, 2.24) is 5.32 Å². The molecule has 6 heteroatoms. The highest BCUT2D eigenvalue weighted by atomic mass is 79.9. The smallest absolute Gasteiger partial charge is 0.251 e. The molecule has 0 radical (unpaired) electrons. The van der Waals surface area contributed by atoms with E-state index in [1.54, 1.807) is 18.2 Å². The minimum atomic E-state index is -0.276. The quantitative estimate of drug-likeness (QED) is 0.807. The number of morpholine rings is 1. The first kappa shape index (κ1) is 18.9. The van der Waals surface area contributed by atoms with Gasteiger partial charge < -0.3 is 15.0 Å². The molecular formula is C20H22BrFN2O2. The van der Waals surface area contributed by atoms with Gasteiger partial charge in [-0.25, -0.2) is 4.39 Å². The van der Waals surface area contributed by atoms with E-state index in [2.05, 4.69) is 21.2 Å². The number of hydrogen-bond donors (Lipinski definition) is 1. The number of hydrogen-bond acceptors (Lipinski definition) is 3. The van der Waals surface area contributed by atoms with Crippen LogP contribution in [-0.4, -0.2) is 31.2 Å². The first-order chi connectivity index (χ1) is 12.4. The van der Waals surface area contributed by atoms with Crippen LogP contribution in [0.2, 0.25) is 0 Å². The second kappa shape index (κ2) is 8.18. The maximum absolute atomic E-state index is 14.6. The molecule has 1 heterocycles. The van der Waals surface area contributed by atoms with Gasteiger partial charge in [0.25, 0.3) is 5.91 Å². The third-order valence-electron chi connectivity index (χ3n) is 4.33. The Morgan fingerprint density at radius 3 is 2.46 bits per heavy atom. The summed E-state index contributed by atoms with van der Waals surface area (Å²) in [6.07, 6.45) is 0.144. The molecule has 3 rings (SSSR count). The molecule has 1 fully saturated rings. The highest BCUT2D eigenvalue weighted by Gasteiger charge is 2.24. The van der Waals surface area contributed by atoms with Gasteiger partial charge in [-0.05, 0) is 55.8 Å². The summed E-state index contributed by atoms with van der Waals surface area (Å²) in [5.41, 5.74) is 1.88. The van der Waals surface area contributed by atoms with Gasteiger partial charge in [0, 0.05) is 29.7 Å². The van der Waals surface area contributed by atoms with E-state index in [-0.39, 0.29) is 30.5 Å². The normalized spacial score (nSPS) is 20.1. The van der Waals surface area contributed by atoms with Crippen LogP contribution in [-0.2, 0) is 11.3 Å². The van der Waals surface area contributed by atoms with E-state index in [4.69, 9.17) is 4.74 Å². The maximum atomic E-state index is 14.6. The average molecular weight is 421 g/mol. The highest BCUT2D eigenvalue weighted by molar-refractivity contribution is 9.10. The van der Waals surface area contributed by atoms with Crippen LogP contribution in [0.5, 0.6) is 0 Å². The zero-order chi connectivity index (χ0) is 18.7. The minimum Gasteiger partial charge on any atom is -0.372 e. The average Bonchev–Trinajstić information content (AvgIpc) is 2.59. The Morgan fingerprint density at radius 2 is 1.85 bits per heavy atom. The Kier molecular flexibility index (Phi) is 5.94. The summed E-state index contributed by atoms with van der Waals surface area (Å²) < 4.78 is 21.2. The van der Waals surface area contributed by atoms with Gasteiger partial charge in [-0.1, -0.05) is 22.0 Å². The lowest BCUT2D eigenvalue weighted by atomic mass is 10.1. The molecule has 1 N–H and O–H groups in total. The van der Waals surface area contributed by atoms with Crippen molar-refractivity contribution in [1.29, 1.82) is 0 Å². The Labute approximate surface area is 161 Å². The van der Waals surface area contributed by atoms with Crippen LogP contribution in [0.1, 0.15) is 29.8 Å². The molecule has 2 atom stereocenters. The number of nitrogens with zero attached hydrogens (tertiary/aromatic N) is 1. The number of benzene rings is 2. The van der Waals surface area contributed by atoms with E-state index in [1.807, 2.05) is 36.9 Å². The molecule has 2 aromatic rings. The van der Waals surface area contributed by atoms with E-state index in [9.17, 15) is 9.18 Å². The van der Waals surface area contributed by atoms with Gasteiger partial charge in [0.2, 0.25) is 0 Å². The number of rotatable bonds is 4. The largest absolute Gasteiger partial charge is 0.372 e. The molecule has 26 heavy (non-hydrogen) atoms. The first-order valence-electron chi connectivity index (χ1n) is 8.65. The van der Waals surface area contributed by atoms with E-state index >= 15 is 0 Å². The van der Waals surface area contributed by atoms with Crippen molar-refractivity contribution in [2.45, 2.75) is 32.6 Å². The predicted octanol–water partition coefficient (Wildman–Crippen LogP) is 4.13. The lowest BCUT2D eigenvalue weighted by Crippen LogP contribution is -2.45. The van der Waals surface area contributed by atoms with Gasteiger partial charge in [0.05, 0.1) is 17.9 Å². The SMILES string of the molecule is CC1CN(c2ccc(CNC(=O)c3ccc(Br)cc3)cc2F)CC(C)O1. The predicted molar refractivity (Wildman–Crippen MR) is 104 cm³/mol.